The van der Waals surface area contributed by atoms with Crippen molar-refractivity contribution >= 4 is 15.7 Å². The summed E-state index contributed by atoms with van der Waals surface area (Å²) in [4.78, 5) is 3.57. The van der Waals surface area contributed by atoms with Gasteiger partial charge in [-0.2, -0.15) is 21.6 Å². The van der Waals surface area contributed by atoms with Crippen LogP contribution in [0.25, 0.3) is 0 Å². The molecule has 4 nitrogen and oxygen atoms in total. The summed E-state index contributed by atoms with van der Waals surface area (Å²) >= 11 is 0. The van der Waals surface area contributed by atoms with Crippen LogP contribution in [-0.4, -0.2) is 13.4 Å². The van der Waals surface area contributed by atoms with Gasteiger partial charge in [0, 0.05) is 6.20 Å². The molecule has 0 bridgehead atoms. The summed E-state index contributed by atoms with van der Waals surface area (Å²) in [6, 6.07) is 5.46. The Hall–Kier alpha value is -2.16. The number of hydrogen-bond donors (Lipinski definition) is 1. The number of aromatic nitrogens is 1. The number of nitrogens with zero attached hydrogens (tertiary/aromatic N) is 1. The second-order valence-corrected chi connectivity index (χ2v) is 5.63. The standard InChI is InChI=1S/C12H8F4N2O2S/c13-9-5-8(12(14,15)16)6-10(7-9)18-21(19,20)11-3-1-2-4-17-11/h1-7,18H. The molecule has 0 amide bonds. The van der Waals surface area contributed by atoms with Crippen LogP contribution in [0, 0.1) is 5.82 Å². The first kappa shape index (κ1) is 15.2. The third-order valence-corrected chi connectivity index (χ3v) is 3.69. The fourth-order valence-corrected chi connectivity index (χ4v) is 2.52. The highest BCUT2D eigenvalue weighted by Gasteiger charge is 2.31. The van der Waals surface area contributed by atoms with E-state index in [1.54, 1.807) is 0 Å². The van der Waals surface area contributed by atoms with Gasteiger partial charge in [-0.25, -0.2) is 9.37 Å². The molecular formula is C12H8F4N2O2S. The van der Waals surface area contributed by atoms with E-state index in [2.05, 4.69) is 4.98 Å². The first-order valence-electron chi connectivity index (χ1n) is 5.50. The largest absolute Gasteiger partial charge is 0.416 e. The molecule has 0 aliphatic heterocycles. The van der Waals surface area contributed by atoms with Crippen molar-refractivity contribution in [3.05, 3.63) is 54.0 Å². The molecule has 2 aromatic rings. The third kappa shape index (κ3) is 3.69. The Labute approximate surface area is 117 Å². The first-order valence-corrected chi connectivity index (χ1v) is 6.98. The SMILES string of the molecule is O=S(=O)(Nc1cc(F)cc(C(F)(F)F)c1)c1ccccn1. The van der Waals surface area contributed by atoms with E-state index in [0.29, 0.717) is 12.1 Å². The van der Waals surface area contributed by atoms with E-state index in [1.165, 1.54) is 18.3 Å². The van der Waals surface area contributed by atoms with Crippen molar-refractivity contribution in [3.63, 3.8) is 0 Å². The number of hydrogen-bond acceptors (Lipinski definition) is 3. The van der Waals surface area contributed by atoms with Gasteiger partial charge in [0.15, 0.2) is 5.03 Å². The Morgan fingerprint density at radius 3 is 2.38 bits per heavy atom. The minimum absolute atomic E-state index is 0.276. The molecule has 0 unspecified atom stereocenters. The number of pyridine rings is 1. The number of sulfonamides is 1. The summed E-state index contributed by atoms with van der Waals surface area (Å²) in [6.07, 6.45) is -3.57. The molecule has 2 rings (SSSR count). The highest BCUT2D eigenvalue weighted by atomic mass is 32.2. The fraction of sp³-hybridized carbons (Fsp3) is 0.0833. The predicted molar refractivity (Wildman–Crippen MR) is 66.4 cm³/mol. The molecule has 0 spiro atoms. The average molecular weight is 320 g/mol. The Morgan fingerprint density at radius 2 is 1.81 bits per heavy atom. The van der Waals surface area contributed by atoms with E-state index in [9.17, 15) is 26.0 Å². The Bertz CT molecular complexity index is 746. The Kier molecular flexibility index (Phi) is 3.86. The van der Waals surface area contributed by atoms with Crippen molar-refractivity contribution in [2.24, 2.45) is 0 Å². The average Bonchev–Trinajstić information content (AvgIpc) is 2.37. The van der Waals surface area contributed by atoms with E-state index >= 15 is 0 Å². The number of alkyl halides is 3. The fourth-order valence-electron chi connectivity index (χ4n) is 1.53. The van der Waals surface area contributed by atoms with Crippen molar-refractivity contribution in [1.82, 2.24) is 4.98 Å². The molecule has 1 aromatic carbocycles. The van der Waals surface area contributed by atoms with Crippen LogP contribution in [-0.2, 0) is 16.2 Å². The normalized spacial score (nSPS) is 12.2. The second kappa shape index (κ2) is 5.32. The molecule has 1 aromatic heterocycles. The van der Waals surface area contributed by atoms with Gasteiger partial charge in [-0.05, 0) is 30.3 Å². The van der Waals surface area contributed by atoms with Crippen molar-refractivity contribution in [2.45, 2.75) is 11.2 Å². The highest BCUT2D eigenvalue weighted by Crippen LogP contribution is 2.32. The smallest absolute Gasteiger partial charge is 0.278 e. The predicted octanol–water partition coefficient (Wildman–Crippen LogP) is 3.04. The second-order valence-electron chi connectivity index (χ2n) is 4.00. The first-order chi connectivity index (χ1) is 9.68. The maximum Gasteiger partial charge on any atom is 0.416 e. The van der Waals surface area contributed by atoms with Gasteiger partial charge in [0.2, 0.25) is 0 Å². The van der Waals surface area contributed by atoms with Crippen LogP contribution < -0.4 is 4.72 Å². The van der Waals surface area contributed by atoms with Gasteiger partial charge in [0.05, 0.1) is 11.3 Å². The summed E-state index contributed by atoms with van der Waals surface area (Å²) < 4.78 is 76.5. The zero-order valence-corrected chi connectivity index (χ0v) is 11.0. The molecule has 0 saturated carbocycles. The van der Waals surface area contributed by atoms with Gasteiger partial charge in [-0.1, -0.05) is 6.07 Å². The van der Waals surface area contributed by atoms with Crippen LogP contribution in [0.15, 0.2) is 47.6 Å². The molecule has 0 radical (unpaired) electrons. The lowest BCUT2D eigenvalue weighted by Crippen LogP contribution is -2.15. The summed E-state index contributed by atoms with van der Waals surface area (Å²) in [6.45, 7) is 0. The van der Waals surface area contributed by atoms with E-state index in [1.807, 2.05) is 4.72 Å². The van der Waals surface area contributed by atoms with E-state index in [0.717, 1.165) is 6.07 Å². The van der Waals surface area contributed by atoms with Gasteiger partial charge in [0.1, 0.15) is 5.82 Å². The van der Waals surface area contributed by atoms with Crippen molar-refractivity contribution in [3.8, 4) is 0 Å². The number of nitrogens with one attached hydrogen (secondary N) is 1. The molecule has 0 saturated heterocycles. The number of benzene rings is 1. The number of rotatable bonds is 3. The van der Waals surface area contributed by atoms with Gasteiger partial charge < -0.3 is 0 Å². The monoisotopic (exact) mass is 320 g/mol. The van der Waals surface area contributed by atoms with Gasteiger partial charge >= 0.3 is 6.18 Å². The Balaban J connectivity index is 2.38. The van der Waals surface area contributed by atoms with Gasteiger partial charge in [-0.15, -0.1) is 0 Å². The van der Waals surface area contributed by atoms with Crippen LogP contribution in [0.5, 0.6) is 0 Å². The molecule has 0 fully saturated rings. The maximum absolute atomic E-state index is 13.2. The zero-order valence-electron chi connectivity index (χ0n) is 10.2. The topological polar surface area (TPSA) is 59.1 Å². The van der Waals surface area contributed by atoms with E-state index in [-0.39, 0.29) is 11.1 Å². The maximum atomic E-state index is 13.2. The molecular weight excluding hydrogens is 312 g/mol. The van der Waals surface area contributed by atoms with E-state index < -0.39 is 33.3 Å². The minimum atomic E-state index is -4.78. The van der Waals surface area contributed by atoms with Crippen LogP contribution in [0.4, 0.5) is 23.2 Å². The lowest BCUT2D eigenvalue weighted by atomic mass is 10.2. The highest BCUT2D eigenvalue weighted by molar-refractivity contribution is 7.92. The van der Waals surface area contributed by atoms with Crippen LogP contribution in [0.2, 0.25) is 0 Å². The molecule has 1 heterocycles. The number of anilines is 1. The number of halogens is 4. The summed E-state index contributed by atoms with van der Waals surface area (Å²) in [5.41, 5.74) is -1.82. The van der Waals surface area contributed by atoms with Crippen molar-refractivity contribution in [2.75, 3.05) is 4.72 Å². The molecule has 1 N–H and O–H groups in total. The van der Waals surface area contributed by atoms with E-state index in [4.69, 9.17) is 0 Å². The quantitative estimate of drug-likeness (QED) is 0.884. The van der Waals surface area contributed by atoms with Crippen LogP contribution in [0.1, 0.15) is 5.56 Å². The Morgan fingerprint density at radius 1 is 1.10 bits per heavy atom. The molecule has 21 heavy (non-hydrogen) atoms. The molecule has 112 valence electrons. The lowest BCUT2D eigenvalue weighted by Gasteiger charge is -2.11. The van der Waals surface area contributed by atoms with Gasteiger partial charge in [-0.3, -0.25) is 4.72 Å². The van der Waals surface area contributed by atoms with Crippen molar-refractivity contribution < 1.29 is 26.0 Å². The molecule has 0 aliphatic carbocycles. The minimum Gasteiger partial charge on any atom is -0.278 e. The molecule has 0 atom stereocenters. The molecule has 0 aliphatic rings. The molecule has 9 heteroatoms. The van der Waals surface area contributed by atoms with Crippen LogP contribution in [0.3, 0.4) is 0 Å². The third-order valence-electron chi connectivity index (χ3n) is 2.39. The van der Waals surface area contributed by atoms with Crippen LogP contribution >= 0.6 is 0 Å². The summed E-state index contributed by atoms with van der Waals surface area (Å²) in [7, 11) is -4.19. The summed E-state index contributed by atoms with van der Waals surface area (Å²) in [5, 5.41) is -0.386. The van der Waals surface area contributed by atoms with Gasteiger partial charge in [0.25, 0.3) is 10.0 Å². The van der Waals surface area contributed by atoms with Crippen molar-refractivity contribution in [1.29, 1.82) is 0 Å². The lowest BCUT2D eigenvalue weighted by molar-refractivity contribution is -0.137. The zero-order chi connectivity index (χ0) is 15.7. The summed E-state index contributed by atoms with van der Waals surface area (Å²) in [5.74, 6) is -1.21.